The van der Waals surface area contributed by atoms with E-state index < -0.39 is 0 Å². The number of aromatic nitrogens is 2. The van der Waals surface area contributed by atoms with Crippen LogP contribution in [0, 0.1) is 12.8 Å². The van der Waals surface area contributed by atoms with Crippen molar-refractivity contribution < 1.29 is 14.3 Å². The van der Waals surface area contributed by atoms with Gasteiger partial charge in [-0.1, -0.05) is 38.3 Å². The topological polar surface area (TPSA) is 53.3 Å². The Morgan fingerprint density at radius 2 is 2.00 bits per heavy atom. The number of hydrogen-bond acceptors (Lipinski definition) is 4. The number of rotatable bonds is 9. The van der Waals surface area contributed by atoms with E-state index in [1.54, 1.807) is 17.8 Å². The van der Waals surface area contributed by atoms with Crippen LogP contribution in [0.2, 0.25) is 5.02 Å². The van der Waals surface area contributed by atoms with Gasteiger partial charge in [0.15, 0.2) is 0 Å². The van der Waals surface area contributed by atoms with E-state index >= 15 is 0 Å². The fourth-order valence-corrected chi connectivity index (χ4v) is 2.92. The smallest absolute Gasteiger partial charge is 0.341 e. The third-order valence-electron chi connectivity index (χ3n) is 4.57. The fraction of sp³-hybridized carbons (Fsp3) is 0.500. The predicted octanol–water partition coefficient (Wildman–Crippen LogP) is 4.88. The molecule has 6 heteroatoms. The van der Waals surface area contributed by atoms with E-state index in [9.17, 15) is 4.79 Å². The maximum absolute atomic E-state index is 12.0. The molecule has 1 aromatic carbocycles. The number of hydrogen-bond donors (Lipinski definition) is 0. The van der Waals surface area contributed by atoms with Crippen LogP contribution in [0.5, 0.6) is 5.75 Å². The molecule has 0 amide bonds. The van der Waals surface area contributed by atoms with E-state index in [2.05, 4.69) is 18.9 Å². The minimum Gasteiger partial charge on any atom is -0.493 e. The molecule has 0 aliphatic heterocycles. The summed E-state index contributed by atoms with van der Waals surface area (Å²) in [4.78, 5) is 12.0. The van der Waals surface area contributed by atoms with Crippen molar-refractivity contribution in [2.45, 2.75) is 47.1 Å². The molecule has 0 saturated heterocycles. The predicted molar refractivity (Wildman–Crippen MR) is 103 cm³/mol. The highest BCUT2D eigenvalue weighted by molar-refractivity contribution is 6.30. The molecule has 0 radical (unpaired) electrons. The van der Waals surface area contributed by atoms with Gasteiger partial charge in [0.05, 0.1) is 31.6 Å². The highest BCUT2D eigenvalue weighted by Gasteiger charge is 2.17. The first-order chi connectivity index (χ1) is 12.5. The highest BCUT2D eigenvalue weighted by atomic mass is 35.5. The second kappa shape index (κ2) is 9.62. The molecule has 26 heavy (non-hydrogen) atoms. The van der Waals surface area contributed by atoms with Gasteiger partial charge < -0.3 is 9.47 Å². The van der Waals surface area contributed by atoms with Crippen molar-refractivity contribution >= 4 is 17.6 Å². The first kappa shape index (κ1) is 20.3. The largest absolute Gasteiger partial charge is 0.493 e. The van der Waals surface area contributed by atoms with Gasteiger partial charge in [0.25, 0.3) is 0 Å². The number of esters is 1. The van der Waals surface area contributed by atoms with E-state index in [4.69, 9.17) is 21.1 Å². The maximum Gasteiger partial charge on any atom is 0.341 e. The molecule has 0 atom stereocenters. The van der Waals surface area contributed by atoms with Crippen LogP contribution in [0.3, 0.4) is 0 Å². The Morgan fingerprint density at radius 1 is 1.27 bits per heavy atom. The van der Waals surface area contributed by atoms with Crippen molar-refractivity contribution in [1.82, 2.24) is 9.78 Å². The van der Waals surface area contributed by atoms with E-state index in [0.717, 1.165) is 29.8 Å². The molecule has 142 valence electrons. The second-order valence-electron chi connectivity index (χ2n) is 6.27. The van der Waals surface area contributed by atoms with Crippen molar-refractivity contribution in [2.75, 3.05) is 13.2 Å². The number of nitrogens with zero attached hydrogens (tertiary/aromatic N) is 2. The molecule has 0 spiro atoms. The Bertz CT molecular complexity index is 739. The van der Waals surface area contributed by atoms with Crippen molar-refractivity contribution in [1.29, 1.82) is 0 Å². The number of carbonyl (C=O) groups excluding carboxylic acids is 1. The van der Waals surface area contributed by atoms with Crippen LogP contribution in [-0.2, 0) is 11.3 Å². The van der Waals surface area contributed by atoms with Gasteiger partial charge in [-0.05, 0) is 38.0 Å². The zero-order chi connectivity index (χ0) is 19.1. The highest BCUT2D eigenvalue weighted by Crippen LogP contribution is 2.26. The van der Waals surface area contributed by atoms with E-state index in [1.165, 1.54) is 0 Å². The fourth-order valence-electron chi connectivity index (χ4n) is 2.72. The Labute approximate surface area is 160 Å². The molecule has 0 N–H and O–H groups in total. The monoisotopic (exact) mass is 378 g/mol. The average Bonchev–Trinajstić information content (AvgIpc) is 2.98. The van der Waals surface area contributed by atoms with Crippen LogP contribution in [-0.4, -0.2) is 29.0 Å². The van der Waals surface area contributed by atoms with Crippen LogP contribution in [0.4, 0.5) is 0 Å². The van der Waals surface area contributed by atoms with Crippen molar-refractivity contribution in [2.24, 2.45) is 5.92 Å². The Kier molecular flexibility index (Phi) is 7.51. The minimum absolute atomic E-state index is 0.339. The molecular weight excluding hydrogens is 352 g/mol. The normalized spacial score (nSPS) is 11.0. The molecule has 0 unspecified atom stereocenters. The summed E-state index contributed by atoms with van der Waals surface area (Å²) in [6.07, 6.45) is 3.71. The molecule has 0 fully saturated rings. The van der Waals surface area contributed by atoms with Crippen LogP contribution >= 0.6 is 11.6 Å². The van der Waals surface area contributed by atoms with Gasteiger partial charge >= 0.3 is 5.97 Å². The first-order valence-corrected chi connectivity index (χ1v) is 9.48. The Balaban J connectivity index is 2.21. The molecule has 0 aliphatic rings. The lowest BCUT2D eigenvalue weighted by atomic mass is 10.1. The zero-order valence-electron chi connectivity index (χ0n) is 15.9. The van der Waals surface area contributed by atoms with Gasteiger partial charge in [-0.3, -0.25) is 4.68 Å². The lowest BCUT2D eigenvalue weighted by Crippen LogP contribution is -2.13. The number of carbonyl (C=O) groups is 1. The second-order valence-corrected chi connectivity index (χ2v) is 6.70. The Morgan fingerprint density at radius 3 is 2.65 bits per heavy atom. The summed E-state index contributed by atoms with van der Waals surface area (Å²) in [6.45, 7) is 9.47. The van der Waals surface area contributed by atoms with E-state index in [-0.39, 0.29) is 5.97 Å². The van der Waals surface area contributed by atoms with Crippen molar-refractivity contribution in [3.8, 4) is 5.75 Å². The molecule has 2 rings (SSSR count). The van der Waals surface area contributed by atoms with Crippen LogP contribution in [0.25, 0.3) is 0 Å². The summed E-state index contributed by atoms with van der Waals surface area (Å²) in [5.74, 6) is 0.974. The molecule has 5 nitrogen and oxygen atoms in total. The van der Waals surface area contributed by atoms with Gasteiger partial charge in [0.1, 0.15) is 11.3 Å². The molecule has 1 aromatic heterocycles. The molecule has 2 aromatic rings. The lowest BCUT2D eigenvalue weighted by Gasteiger charge is -2.17. The number of ether oxygens (including phenoxy) is 2. The van der Waals surface area contributed by atoms with E-state index in [0.29, 0.717) is 36.3 Å². The molecule has 0 aliphatic carbocycles. The summed E-state index contributed by atoms with van der Waals surface area (Å²) in [7, 11) is 0. The maximum atomic E-state index is 12.0. The van der Waals surface area contributed by atoms with Crippen molar-refractivity contribution in [3.05, 3.63) is 46.2 Å². The van der Waals surface area contributed by atoms with Gasteiger partial charge in [-0.2, -0.15) is 5.10 Å². The third-order valence-corrected chi connectivity index (χ3v) is 4.81. The summed E-state index contributed by atoms with van der Waals surface area (Å²) in [5.41, 5.74) is 2.17. The van der Waals surface area contributed by atoms with Crippen LogP contribution < -0.4 is 4.74 Å². The van der Waals surface area contributed by atoms with Gasteiger partial charge in [0.2, 0.25) is 0 Å². The minimum atomic E-state index is -0.354. The van der Waals surface area contributed by atoms with Gasteiger partial charge in [0, 0.05) is 10.6 Å². The molecule has 1 heterocycles. The van der Waals surface area contributed by atoms with Gasteiger partial charge in [-0.15, -0.1) is 0 Å². The van der Waals surface area contributed by atoms with Crippen molar-refractivity contribution in [3.63, 3.8) is 0 Å². The number of halogens is 1. The first-order valence-electron chi connectivity index (χ1n) is 9.10. The third kappa shape index (κ3) is 5.01. The summed E-state index contributed by atoms with van der Waals surface area (Å²) in [5, 5.41) is 4.97. The van der Waals surface area contributed by atoms with E-state index in [1.807, 2.05) is 25.1 Å². The summed E-state index contributed by atoms with van der Waals surface area (Å²) < 4.78 is 12.9. The standard InChI is InChI=1S/C20H27ClN2O3/c1-5-15(6-2)13-26-19-9-8-17(21)10-16(19)12-23-14(4)18(11-22-23)20(24)25-7-3/h8-11,15H,5-7,12-13H2,1-4H3. The Hall–Kier alpha value is -2.01. The SMILES string of the molecule is CCOC(=O)c1cnn(Cc2cc(Cl)ccc2OCC(CC)CC)c1C. The van der Waals surface area contributed by atoms with Crippen LogP contribution in [0.15, 0.2) is 24.4 Å². The van der Waals surface area contributed by atoms with Crippen LogP contribution in [0.1, 0.15) is 55.2 Å². The average molecular weight is 379 g/mol. The molecule has 0 saturated carbocycles. The summed E-state index contributed by atoms with van der Waals surface area (Å²) in [6, 6.07) is 5.60. The lowest BCUT2D eigenvalue weighted by molar-refractivity contribution is 0.0525. The number of benzene rings is 1. The molecular formula is C20H27ClN2O3. The quantitative estimate of drug-likeness (QED) is 0.583. The molecule has 0 bridgehead atoms. The van der Waals surface area contributed by atoms with Gasteiger partial charge in [-0.25, -0.2) is 4.79 Å². The zero-order valence-corrected chi connectivity index (χ0v) is 16.7. The summed E-state index contributed by atoms with van der Waals surface area (Å²) >= 11 is 6.18.